The number of nitrogens with zero attached hydrogens (tertiary/aromatic N) is 2. The predicted molar refractivity (Wildman–Crippen MR) is 78.0 cm³/mol. The van der Waals surface area contributed by atoms with Gasteiger partial charge in [-0.05, 0) is 26.8 Å². The van der Waals surface area contributed by atoms with Gasteiger partial charge >= 0.3 is 5.97 Å². The first-order chi connectivity index (χ1) is 9.93. The summed E-state index contributed by atoms with van der Waals surface area (Å²) in [5.41, 5.74) is 2.74. The number of rotatable bonds is 5. The van der Waals surface area contributed by atoms with Gasteiger partial charge in [0.15, 0.2) is 0 Å². The van der Waals surface area contributed by atoms with Crippen LogP contribution in [-0.4, -0.2) is 22.9 Å². The van der Waals surface area contributed by atoms with Crippen molar-refractivity contribution in [2.24, 2.45) is 7.05 Å². The first-order valence-corrected chi connectivity index (χ1v) is 6.83. The van der Waals surface area contributed by atoms with Crippen LogP contribution in [0.1, 0.15) is 46.1 Å². The summed E-state index contributed by atoms with van der Waals surface area (Å²) in [4.78, 5) is 11.5. The van der Waals surface area contributed by atoms with E-state index < -0.39 is 0 Å². The highest BCUT2D eigenvalue weighted by atomic mass is 16.5. The molecule has 0 fully saturated rings. The molecular formula is C15H21N3O3. The van der Waals surface area contributed by atoms with E-state index in [1.165, 1.54) is 7.11 Å². The number of aromatic nitrogens is 2. The predicted octanol–water partition coefficient (Wildman–Crippen LogP) is 2.27. The molecule has 0 aliphatic rings. The van der Waals surface area contributed by atoms with Gasteiger partial charge in [-0.2, -0.15) is 5.10 Å². The molecule has 1 atom stereocenters. The van der Waals surface area contributed by atoms with Crippen molar-refractivity contribution in [3.8, 4) is 0 Å². The van der Waals surface area contributed by atoms with Gasteiger partial charge < -0.3 is 14.5 Å². The second-order valence-corrected chi connectivity index (χ2v) is 5.09. The monoisotopic (exact) mass is 291 g/mol. The summed E-state index contributed by atoms with van der Waals surface area (Å²) in [6.45, 7) is 6.39. The van der Waals surface area contributed by atoms with Crippen LogP contribution in [0.25, 0.3) is 0 Å². The van der Waals surface area contributed by atoms with Crippen LogP contribution in [0.5, 0.6) is 0 Å². The van der Waals surface area contributed by atoms with E-state index in [-0.39, 0.29) is 12.0 Å². The molecule has 21 heavy (non-hydrogen) atoms. The summed E-state index contributed by atoms with van der Waals surface area (Å²) in [6, 6.07) is 1.86. The van der Waals surface area contributed by atoms with E-state index in [0.29, 0.717) is 23.6 Å². The van der Waals surface area contributed by atoms with Gasteiger partial charge in [-0.15, -0.1) is 0 Å². The maximum Gasteiger partial charge on any atom is 0.341 e. The highest BCUT2D eigenvalue weighted by molar-refractivity contribution is 5.90. The lowest BCUT2D eigenvalue weighted by atomic mass is 10.1. The standard InChI is InChI=1S/C15H21N3O3/c1-9(14-8-17-18(4)10(14)2)16-7-12-6-13(11(3)21-12)15(19)20-5/h6,8-9,16H,7H2,1-5H3. The van der Waals surface area contributed by atoms with E-state index in [1.54, 1.807) is 13.0 Å². The van der Waals surface area contributed by atoms with Gasteiger partial charge in [0.05, 0.1) is 19.9 Å². The molecule has 0 saturated carbocycles. The Labute approximate surface area is 124 Å². The van der Waals surface area contributed by atoms with Crippen molar-refractivity contribution in [2.75, 3.05) is 7.11 Å². The Balaban J connectivity index is 2.03. The molecule has 0 radical (unpaired) electrons. The highest BCUT2D eigenvalue weighted by Crippen LogP contribution is 2.19. The molecule has 2 aromatic rings. The molecule has 6 heteroatoms. The number of furan rings is 1. The average molecular weight is 291 g/mol. The minimum Gasteiger partial charge on any atom is -0.465 e. The Morgan fingerprint density at radius 2 is 2.24 bits per heavy atom. The van der Waals surface area contributed by atoms with Crippen LogP contribution >= 0.6 is 0 Å². The van der Waals surface area contributed by atoms with Gasteiger partial charge in [-0.1, -0.05) is 0 Å². The summed E-state index contributed by atoms with van der Waals surface area (Å²) in [7, 11) is 3.28. The third kappa shape index (κ3) is 3.16. The second-order valence-electron chi connectivity index (χ2n) is 5.09. The molecule has 0 bridgehead atoms. The summed E-state index contributed by atoms with van der Waals surface area (Å²) in [5.74, 6) is 0.906. The number of hydrogen-bond acceptors (Lipinski definition) is 5. The van der Waals surface area contributed by atoms with Crippen molar-refractivity contribution in [1.82, 2.24) is 15.1 Å². The summed E-state index contributed by atoms with van der Waals surface area (Å²) < 4.78 is 12.1. The summed E-state index contributed by atoms with van der Waals surface area (Å²) >= 11 is 0. The van der Waals surface area contributed by atoms with Crippen LogP contribution in [0.4, 0.5) is 0 Å². The number of esters is 1. The van der Waals surface area contributed by atoms with Crippen molar-refractivity contribution in [2.45, 2.75) is 33.4 Å². The van der Waals surface area contributed by atoms with E-state index in [0.717, 1.165) is 11.3 Å². The van der Waals surface area contributed by atoms with Crippen LogP contribution in [-0.2, 0) is 18.3 Å². The zero-order chi connectivity index (χ0) is 15.6. The van der Waals surface area contributed by atoms with Crippen molar-refractivity contribution >= 4 is 5.97 Å². The number of nitrogens with one attached hydrogen (secondary N) is 1. The van der Waals surface area contributed by atoms with E-state index >= 15 is 0 Å². The summed E-state index contributed by atoms with van der Waals surface area (Å²) in [5, 5.41) is 7.60. The molecule has 2 heterocycles. The Bertz CT molecular complexity index is 643. The van der Waals surface area contributed by atoms with Crippen LogP contribution in [0.2, 0.25) is 0 Å². The normalized spacial score (nSPS) is 12.4. The lowest BCUT2D eigenvalue weighted by molar-refractivity contribution is 0.0599. The largest absolute Gasteiger partial charge is 0.465 e. The summed E-state index contributed by atoms with van der Waals surface area (Å²) in [6.07, 6.45) is 1.86. The number of aryl methyl sites for hydroxylation is 2. The van der Waals surface area contributed by atoms with Gasteiger partial charge in [0.1, 0.15) is 17.1 Å². The molecule has 0 aliphatic heterocycles. The van der Waals surface area contributed by atoms with E-state index in [2.05, 4.69) is 17.3 Å². The first-order valence-electron chi connectivity index (χ1n) is 6.83. The first kappa shape index (κ1) is 15.3. The molecule has 1 unspecified atom stereocenters. The van der Waals surface area contributed by atoms with Gasteiger partial charge in [0.25, 0.3) is 0 Å². The van der Waals surface area contributed by atoms with Crippen molar-refractivity contribution in [3.63, 3.8) is 0 Å². The molecule has 1 N–H and O–H groups in total. The van der Waals surface area contributed by atoms with Gasteiger partial charge in [-0.3, -0.25) is 4.68 Å². The van der Waals surface area contributed by atoms with Crippen LogP contribution < -0.4 is 5.32 Å². The molecular weight excluding hydrogens is 270 g/mol. The van der Waals surface area contributed by atoms with Crippen LogP contribution in [0.15, 0.2) is 16.7 Å². The number of hydrogen-bond donors (Lipinski definition) is 1. The third-order valence-corrected chi connectivity index (χ3v) is 3.70. The minimum absolute atomic E-state index is 0.144. The fourth-order valence-electron chi connectivity index (χ4n) is 2.25. The fraction of sp³-hybridized carbons (Fsp3) is 0.467. The molecule has 2 rings (SSSR count). The smallest absolute Gasteiger partial charge is 0.341 e. The third-order valence-electron chi connectivity index (χ3n) is 3.70. The molecule has 6 nitrogen and oxygen atoms in total. The average Bonchev–Trinajstić information content (AvgIpc) is 2.99. The zero-order valence-electron chi connectivity index (χ0n) is 13.1. The van der Waals surface area contributed by atoms with E-state index in [9.17, 15) is 4.79 Å². The number of carbonyl (C=O) groups is 1. The minimum atomic E-state index is -0.376. The highest BCUT2D eigenvalue weighted by Gasteiger charge is 2.16. The molecule has 0 amide bonds. The Morgan fingerprint density at radius 3 is 2.81 bits per heavy atom. The van der Waals surface area contributed by atoms with Gasteiger partial charge in [0.2, 0.25) is 0 Å². The Hall–Kier alpha value is -2.08. The second kappa shape index (κ2) is 6.13. The maximum atomic E-state index is 11.5. The van der Waals surface area contributed by atoms with Gasteiger partial charge in [0, 0.05) is 24.3 Å². The van der Waals surface area contributed by atoms with Crippen LogP contribution in [0.3, 0.4) is 0 Å². The van der Waals surface area contributed by atoms with Crippen molar-refractivity contribution < 1.29 is 13.9 Å². The lowest BCUT2D eigenvalue weighted by Gasteiger charge is -2.12. The van der Waals surface area contributed by atoms with Crippen molar-refractivity contribution in [3.05, 3.63) is 40.6 Å². The molecule has 0 aliphatic carbocycles. The molecule has 0 spiro atoms. The lowest BCUT2D eigenvalue weighted by Crippen LogP contribution is -2.18. The van der Waals surface area contributed by atoms with E-state index in [1.807, 2.05) is 24.9 Å². The number of carbonyl (C=O) groups excluding carboxylic acids is 1. The SMILES string of the molecule is COC(=O)c1cc(CNC(C)c2cnn(C)c2C)oc1C. The van der Waals surface area contributed by atoms with Crippen LogP contribution in [0, 0.1) is 13.8 Å². The fourth-order valence-corrected chi connectivity index (χ4v) is 2.25. The Kier molecular flexibility index (Phi) is 4.47. The maximum absolute atomic E-state index is 11.5. The van der Waals surface area contributed by atoms with Gasteiger partial charge in [-0.25, -0.2) is 4.79 Å². The number of methoxy groups -OCH3 is 1. The zero-order valence-corrected chi connectivity index (χ0v) is 13.1. The molecule has 2 aromatic heterocycles. The molecule has 0 aromatic carbocycles. The Morgan fingerprint density at radius 1 is 1.52 bits per heavy atom. The molecule has 0 saturated heterocycles. The quantitative estimate of drug-likeness (QED) is 0.856. The van der Waals surface area contributed by atoms with Crippen molar-refractivity contribution in [1.29, 1.82) is 0 Å². The molecule has 114 valence electrons. The van der Waals surface area contributed by atoms with E-state index in [4.69, 9.17) is 9.15 Å². The number of ether oxygens (including phenoxy) is 1. The topological polar surface area (TPSA) is 69.3 Å².